The minimum Gasteiger partial charge on any atom is -0.485 e. The van der Waals surface area contributed by atoms with Crippen molar-refractivity contribution in [2.45, 2.75) is 25.8 Å². The fourth-order valence-electron chi connectivity index (χ4n) is 4.35. The smallest absolute Gasteiger partial charge is 0.318 e. The second-order valence-corrected chi connectivity index (χ2v) is 8.85. The maximum Gasteiger partial charge on any atom is 0.318 e. The summed E-state index contributed by atoms with van der Waals surface area (Å²) in [4.78, 5) is 42.8. The van der Waals surface area contributed by atoms with E-state index in [9.17, 15) is 9.59 Å². The molecule has 1 fully saturated rings. The summed E-state index contributed by atoms with van der Waals surface area (Å²) in [7, 11) is 0. The van der Waals surface area contributed by atoms with Crippen molar-refractivity contribution in [2.24, 2.45) is 0 Å². The minimum absolute atomic E-state index is 0.212. The third-order valence-corrected chi connectivity index (χ3v) is 6.31. The molecule has 5 heterocycles. The highest BCUT2D eigenvalue weighted by atomic mass is 16.5. The summed E-state index contributed by atoms with van der Waals surface area (Å²) in [6, 6.07) is 2.68. The van der Waals surface area contributed by atoms with Gasteiger partial charge in [0.1, 0.15) is 24.8 Å². The van der Waals surface area contributed by atoms with Gasteiger partial charge in [0.25, 0.3) is 0 Å². The van der Waals surface area contributed by atoms with Crippen molar-refractivity contribution in [1.29, 1.82) is 0 Å². The Hall–Kier alpha value is -4.35. The number of carbonyl (C=O) groups is 2. The molecule has 12 heteroatoms. The van der Waals surface area contributed by atoms with Crippen LogP contribution in [0, 0.1) is 0 Å². The Morgan fingerprint density at radius 1 is 1.16 bits per heavy atom. The van der Waals surface area contributed by atoms with Gasteiger partial charge in [-0.15, -0.1) is 0 Å². The zero-order valence-electron chi connectivity index (χ0n) is 20.7. The Balaban J connectivity index is 1.26. The molecular weight excluding hydrogens is 476 g/mol. The number of fused-ring (bicyclic) bond motifs is 1. The van der Waals surface area contributed by atoms with Gasteiger partial charge in [0.2, 0.25) is 11.9 Å². The number of hydrogen-bond donors (Lipinski definition) is 2. The van der Waals surface area contributed by atoms with Gasteiger partial charge < -0.3 is 29.6 Å². The highest BCUT2D eigenvalue weighted by Gasteiger charge is 2.36. The van der Waals surface area contributed by atoms with Gasteiger partial charge in [-0.05, 0) is 30.6 Å². The summed E-state index contributed by atoms with van der Waals surface area (Å²) in [6.45, 7) is 4.66. The van der Waals surface area contributed by atoms with Crippen LogP contribution in [0.25, 0.3) is 12.0 Å². The normalized spacial score (nSPS) is 17.0. The second kappa shape index (κ2) is 11.1. The van der Waals surface area contributed by atoms with E-state index in [1.807, 2.05) is 17.9 Å². The van der Waals surface area contributed by atoms with Gasteiger partial charge in [0, 0.05) is 57.4 Å². The molecule has 1 saturated heterocycles. The fourth-order valence-corrected chi connectivity index (χ4v) is 4.35. The molecule has 194 valence electrons. The van der Waals surface area contributed by atoms with Gasteiger partial charge >= 0.3 is 6.03 Å². The number of hydrogen-bond acceptors (Lipinski definition) is 8. The van der Waals surface area contributed by atoms with E-state index in [0.717, 1.165) is 17.7 Å². The molecule has 37 heavy (non-hydrogen) atoms. The lowest BCUT2D eigenvalue weighted by molar-refractivity contribution is -0.125. The number of amides is 3. The molecule has 1 atom stereocenters. The molecule has 2 aliphatic heterocycles. The third-order valence-electron chi connectivity index (χ3n) is 6.31. The summed E-state index contributed by atoms with van der Waals surface area (Å²) >= 11 is 0. The molecule has 3 aromatic rings. The first-order valence-corrected chi connectivity index (χ1v) is 12.4. The topological polar surface area (TPSA) is 131 Å². The van der Waals surface area contributed by atoms with Crippen LogP contribution >= 0.6 is 0 Å². The van der Waals surface area contributed by atoms with Crippen LogP contribution in [0.2, 0.25) is 0 Å². The molecule has 0 bridgehead atoms. The number of rotatable bonds is 8. The van der Waals surface area contributed by atoms with E-state index in [0.29, 0.717) is 63.3 Å². The predicted octanol–water partition coefficient (Wildman–Crippen LogP) is 1.85. The van der Waals surface area contributed by atoms with Gasteiger partial charge in [0.05, 0.1) is 6.26 Å². The molecule has 3 amide bonds. The number of piperazine rings is 1. The zero-order chi connectivity index (χ0) is 25.6. The quantitative estimate of drug-likeness (QED) is 0.473. The van der Waals surface area contributed by atoms with Crippen molar-refractivity contribution in [2.75, 3.05) is 44.2 Å². The first-order chi connectivity index (χ1) is 18.1. The standard InChI is InChI=1S/C25H30N8O4/c1-2-6-29-25(35)33-12-11-31(22-4-8-28-24(30-22)32-10-9-26-17-32)15-19(33)23(34)27-7-3-18-14-21-20(37-16-18)5-13-36-21/h4-5,8-10,13-14,17,19H,2-3,6-7,11-12,15-16H2,1H3,(H,27,34)(H,29,35). The monoisotopic (exact) mass is 506 g/mol. The van der Waals surface area contributed by atoms with E-state index in [-0.39, 0.29) is 11.9 Å². The molecule has 0 spiro atoms. The molecule has 0 radical (unpaired) electrons. The second-order valence-electron chi connectivity index (χ2n) is 8.85. The molecule has 12 nitrogen and oxygen atoms in total. The lowest BCUT2D eigenvalue weighted by Gasteiger charge is -2.41. The Kier molecular flexibility index (Phi) is 7.33. The van der Waals surface area contributed by atoms with Crippen molar-refractivity contribution in [3.8, 4) is 11.7 Å². The number of nitrogens with zero attached hydrogens (tertiary/aromatic N) is 6. The van der Waals surface area contributed by atoms with Crippen LogP contribution in [0.5, 0.6) is 5.75 Å². The number of nitrogens with one attached hydrogen (secondary N) is 2. The van der Waals surface area contributed by atoms with E-state index in [2.05, 4.69) is 25.6 Å². The SMILES string of the molecule is CCCNC(=O)N1CCN(c2ccnc(-n3ccnc3)n2)CC1C(=O)NCCC1=Cc2occc2OC1. The first-order valence-electron chi connectivity index (χ1n) is 12.4. The third kappa shape index (κ3) is 5.57. The number of carbonyl (C=O) groups excluding carboxylic acids is 2. The van der Waals surface area contributed by atoms with Crippen molar-refractivity contribution in [3.05, 3.63) is 54.6 Å². The van der Waals surface area contributed by atoms with E-state index in [1.165, 1.54) is 0 Å². The number of imidazole rings is 1. The number of aromatic nitrogens is 4. The molecule has 0 saturated carbocycles. The Morgan fingerprint density at radius 2 is 2.08 bits per heavy atom. The van der Waals surface area contributed by atoms with Crippen LogP contribution in [-0.4, -0.2) is 81.7 Å². The van der Waals surface area contributed by atoms with Crippen LogP contribution in [0.15, 0.2) is 53.3 Å². The Labute approximate surface area is 214 Å². The maximum absolute atomic E-state index is 13.3. The number of furan rings is 1. The molecule has 0 aliphatic carbocycles. The molecule has 1 unspecified atom stereocenters. The number of anilines is 1. The fraction of sp³-hybridized carbons (Fsp3) is 0.400. The van der Waals surface area contributed by atoms with Crippen molar-refractivity contribution in [3.63, 3.8) is 0 Å². The van der Waals surface area contributed by atoms with Gasteiger partial charge in [-0.2, -0.15) is 4.98 Å². The van der Waals surface area contributed by atoms with Crippen molar-refractivity contribution >= 4 is 23.8 Å². The van der Waals surface area contributed by atoms with Crippen LogP contribution < -0.4 is 20.3 Å². The van der Waals surface area contributed by atoms with Gasteiger partial charge in [-0.1, -0.05) is 6.92 Å². The number of urea groups is 1. The molecular formula is C25H30N8O4. The molecule has 5 rings (SSSR count). The average Bonchev–Trinajstić information content (AvgIpc) is 3.64. The lowest BCUT2D eigenvalue weighted by atomic mass is 10.1. The van der Waals surface area contributed by atoms with E-state index >= 15 is 0 Å². The van der Waals surface area contributed by atoms with Gasteiger partial charge in [-0.25, -0.2) is 14.8 Å². The van der Waals surface area contributed by atoms with Crippen LogP contribution in [0.4, 0.5) is 10.6 Å². The maximum atomic E-state index is 13.3. The van der Waals surface area contributed by atoms with Crippen LogP contribution in [0.3, 0.4) is 0 Å². The lowest BCUT2D eigenvalue weighted by Crippen LogP contribution is -2.62. The zero-order valence-corrected chi connectivity index (χ0v) is 20.7. The molecule has 0 aromatic carbocycles. The average molecular weight is 507 g/mol. The summed E-state index contributed by atoms with van der Waals surface area (Å²) < 4.78 is 12.8. The molecule has 2 N–H and O–H groups in total. The van der Waals surface area contributed by atoms with E-state index in [4.69, 9.17) is 9.15 Å². The van der Waals surface area contributed by atoms with E-state index < -0.39 is 6.04 Å². The highest BCUT2D eigenvalue weighted by molar-refractivity contribution is 5.88. The van der Waals surface area contributed by atoms with Gasteiger partial charge in [-0.3, -0.25) is 9.36 Å². The Morgan fingerprint density at radius 3 is 2.92 bits per heavy atom. The van der Waals surface area contributed by atoms with Gasteiger partial charge in [0.15, 0.2) is 11.5 Å². The predicted molar refractivity (Wildman–Crippen MR) is 135 cm³/mol. The van der Waals surface area contributed by atoms with Crippen LogP contribution in [0.1, 0.15) is 25.5 Å². The van der Waals surface area contributed by atoms with Crippen molar-refractivity contribution < 1.29 is 18.7 Å². The minimum atomic E-state index is -0.675. The molecule has 2 aliphatic rings. The van der Waals surface area contributed by atoms with Crippen molar-refractivity contribution in [1.82, 2.24) is 35.1 Å². The van der Waals surface area contributed by atoms with Crippen LogP contribution in [-0.2, 0) is 4.79 Å². The summed E-state index contributed by atoms with van der Waals surface area (Å²) in [5.41, 5.74) is 1.03. The van der Waals surface area contributed by atoms with E-state index in [1.54, 1.807) is 52.8 Å². The molecule has 3 aromatic heterocycles. The Bertz CT molecular complexity index is 1260. The highest BCUT2D eigenvalue weighted by Crippen LogP contribution is 2.28. The summed E-state index contributed by atoms with van der Waals surface area (Å²) in [5.74, 6) is 2.38. The summed E-state index contributed by atoms with van der Waals surface area (Å²) in [5, 5.41) is 5.91. The largest absolute Gasteiger partial charge is 0.485 e. The summed E-state index contributed by atoms with van der Waals surface area (Å²) in [6.07, 6.45) is 11.7. The first kappa shape index (κ1) is 24.3. The number of ether oxygens (including phenoxy) is 1.